The molecule has 3 atom stereocenters. The van der Waals surface area contributed by atoms with Crippen LogP contribution in [0.5, 0.6) is 0 Å². The van der Waals surface area contributed by atoms with Crippen LogP contribution in [0.15, 0.2) is 23.0 Å². The fourth-order valence-electron chi connectivity index (χ4n) is 4.18. The highest BCUT2D eigenvalue weighted by atomic mass is 16.6. The number of aliphatic hydroxyl groups is 3. The molecule has 4 rings (SSSR count). The molecule has 0 spiro atoms. The number of carbonyl (C=O) groups excluding carboxylic acids is 2. The first-order chi connectivity index (χ1) is 12.3. The van der Waals surface area contributed by atoms with Gasteiger partial charge in [-0.2, -0.15) is 0 Å². The van der Waals surface area contributed by atoms with E-state index in [1.807, 2.05) is 41.5 Å². The number of carbonyl (C=O) groups is 2. The quantitative estimate of drug-likeness (QED) is 0.650. The lowest BCUT2D eigenvalue weighted by Crippen LogP contribution is -2.70. The van der Waals surface area contributed by atoms with E-state index < -0.39 is 23.2 Å². The summed E-state index contributed by atoms with van der Waals surface area (Å²) in [5, 5.41) is 28.3. The van der Waals surface area contributed by atoms with E-state index in [0.717, 1.165) is 6.29 Å². The molecule has 2 heterocycles. The Morgan fingerprint density at radius 3 is 2.33 bits per heavy atom. The van der Waals surface area contributed by atoms with Crippen LogP contribution >= 0.6 is 0 Å². The summed E-state index contributed by atoms with van der Waals surface area (Å²) in [7, 11) is 0. The van der Waals surface area contributed by atoms with Gasteiger partial charge in [-0.1, -0.05) is 27.7 Å². The molecule has 4 aliphatic rings. The predicted octanol–water partition coefficient (Wildman–Crippen LogP) is 2.49. The Morgan fingerprint density at radius 1 is 1.30 bits per heavy atom. The summed E-state index contributed by atoms with van der Waals surface area (Å²) in [6.45, 7) is 11.2. The van der Waals surface area contributed by atoms with Crippen molar-refractivity contribution in [3.8, 4) is 0 Å². The average Bonchev–Trinajstić information content (AvgIpc) is 2.54. The van der Waals surface area contributed by atoms with Crippen LogP contribution in [0.1, 0.15) is 54.4 Å². The molecular formula is C21H32O6. The molecule has 1 fully saturated rings. The predicted molar refractivity (Wildman–Crippen MR) is 101 cm³/mol. The Bertz CT molecular complexity index is 685. The molecule has 3 unspecified atom stereocenters. The van der Waals surface area contributed by atoms with Gasteiger partial charge in [-0.25, -0.2) is 0 Å². The van der Waals surface area contributed by atoms with Gasteiger partial charge in [-0.05, 0) is 55.2 Å². The van der Waals surface area contributed by atoms with Gasteiger partial charge in [0.15, 0.2) is 11.4 Å². The van der Waals surface area contributed by atoms with Crippen LogP contribution in [-0.2, 0) is 14.3 Å². The van der Waals surface area contributed by atoms with E-state index in [4.69, 9.17) is 9.84 Å². The van der Waals surface area contributed by atoms with E-state index in [9.17, 15) is 19.8 Å². The number of aliphatic hydroxyl groups excluding tert-OH is 3. The number of hydrogen-bond acceptors (Lipinski definition) is 6. The molecule has 1 saturated heterocycles. The zero-order chi connectivity index (χ0) is 20.8. The minimum absolute atomic E-state index is 0.0736. The van der Waals surface area contributed by atoms with Gasteiger partial charge in [0.05, 0.1) is 18.1 Å². The van der Waals surface area contributed by atoms with Crippen LogP contribution in [-0.4, -0.2) is 51.8 Å². The molecule has 3 N–H and O–H groups in total. The highest BCUT2D eigenvalue weighted by Crippen LogP contribution is 2.52. The maximum absolute atomic E-state index is 11.9. The first-order valence-electron chi connectivity index (χ1n) is 9.44. The Morgan fingerprint density at radius 2 is 1.89 bits per heavy atom. The average molecular weight is 380 g/mol. The van der Waals surface area contributed by atoms with E-state index in [1.54, 1.807) is 6.08 Å². The zero-order valence-electron chi connectivity index (χ0n) is 17.1. The third-order valence-corrected chi connectivity index (χ3v) is 6.11. The van der Waals surface area contributed by atoms with E-state index in [2.05, 4.69) is 0 Å². The van der Waals surface area contributed by atoms with E-state index >= 15 is 0 Å². The molecule has 6 nitrogen and oxygen atoms in total. The van der Waals surface area contributed by atoms with Gasteiger partial charge >= 0.3 is 0 Å². The van der Waals surface area contributed by atoms with Gasteiger partial charge in [-0.3, -0.25) is 9.59 Å². The number of fused-ring (bicyclic) bond motifs is 1. The molecule has 2 aliphatic heterocycles. The van der Waals surface area contributed by atoms with Crippen LogP contribution in [0.3, 0.4) is 0 Å². The Labute approximate surface area is 160 Å². The van der Waals surface area contributed by atoms with Gasteiger partial charge < -0.3 is 20.1 Å². The lowest BCUT2D eigenvalue weighted by Gasteiger charge is -2.56. The Balaban J connectivity index is 0.000000194. The molecule has 0 radical (unpaired) electrons. The standard InChI is InChI=1S/C11H16O3.C10H16O3/c1-6(2)11-5-7(12)10(3,4)9(14-11)8(11)13;1-10(2)4-8(13)3-7(5-11)9(10)6-12/h5-6,9,12H,1-4H3;6,8,11,13H,3-5H2,1-2H3. The van der Waals surface area contributed by atoms with Crippen LogP contribution in [0.2, 0.25) is 0 Å². The van der Waals surface area contributed by atoms with Crippen molar-refractivity contribution in [1.82, 2.24) is 0 Å². The number of Topliss-reactive ketones (excluding diaryl/α,β-unsaturated/α-hetero) is 1. The van der Waals surface area contributed by atoms with Crippen molar-refractivity contribution >= 4 is 12.1 Å². The number of hydrogen-bond donors (Lipinski definition) is 3. The Kier molecular flexibility index (Phi) is 5.77. The molecule has 152 valence electrons. The third kappa shape index (κ3) is 3.50. The first kappa shape index (κ1) is 21.8. The summed E-state index contributed by atoms with van der Waals surface area (Å²) < 4.78 is 5.64. The van der Waals surface area contributed by atoms with Crippen LogP contribution in [0, 0.1) is 16.7 Å². The second kappa shape index (κ2) is 7.15. The second-order valence-electron chi connectivity index (χ2n) is 9.30. The van der Waals surface area contributed by atoms with Crippen molar-refractivity contribution in [2.75, 3.05) is 6.61 Å². The third-order valence-electron chi connectivity index (χ3n) is 6.11. The molecule has 0 saturated carbocycles. The summed E-state index contributed by atoms with van der Waals surface area (Å²) in [6, 6.07) is 0. The fourth-order valence-corrected chi connectivity index (χ4v) is 4.18. The molecule has 27 heavy (non-hydrogen) atoms. The number of aldehydes is 1. The van der Waals surface area contributed by atoms with E-state index in [0.29, 0.717) is 24.0 Å². The lowest BCUT2D eigenvalue weighted by molar-refractivity contribution is -0.226. The fraction of sp³-hybridized carbons (Fsp3) is 0.714. The van der Waals surface area contributed by atoms with Crippen LogP contribution < -0.4 is 0 Å². The number of ether oxygens (including phenoxy) is 1. The van der Waals surface area contributed by atoms with E-state index in [1.165, 1.54) is 0 Å². The normalized spacial score (nSPS) is 33.7. The van der Waals surface area contributed by atoms with E-state index in [-0.39, 0.29) is 29.5 Å². The zero-order valence-corrected chi connectivity index (χ0v) is 17.1. The molecule has 2 aliphatic carbocycles. The SMILES string of the molecule is CC(C)C12C=C(O)C(C)(C)C(O1)C2=O.CC1(C)CC(O)CC(CO)=C1C=O. The highest BCUT2D eigenvalue weighted by Gasteiger charge is 2.65. The summed E-state index contributed by atoms with van der Waals surface area (Å²) in [4.78, 5) is 22.7. The monoisotopic (exact) mass is 380 g/mol. The van der Waals surface area contributed by atoms with Crippen LogP contribution in [0.4, 0.5) is 0 Å². The maximum Gasteiger partial charge on any atom is 0.198 e. The second-order valence-corrected chi connectivity index (χ2v) is 9.30. The molecule has 0 amide bonds. The van der Waals surface area contributed by atoms with Crippen molar-refractivity contribution in [3.63, 3.8) is 0 Å². The largest absolute Gasteiger partial charge is 0.512 e. The van der Waals surface area contributed by atoms with Gasteiger partial charge in [0.1, 0.15) is 18.1 Å². The smallest absolute Gasteiger partial charge is 0.198 e. The van der Waals surface area contributed by atoms with Crippen molar-refractivity contribution in [1.29, 1.82) is 0 Å². The van der Waals surface area contributed by atoms with Crippen molar-refractivity contribution in [2.45, 2.75) is 72.2 Å². The van der Waals surface area contributed by atoms with Gasteiger partial charge in [0.25, 0.3) is 0 Å². The minimum atomic E-state index is -0.843. The minimum Gasteiger partial charge on any atom is -0.512 e. The summed E-state index contributed by atoms with van der Waals surface area (Å²) >= 11 is 0. The van der Waals surface area contributed by atoms with Crippen molar-refractivity contribution in [2.24, 2.45) is 16.7 Å². The summed E-state index contributed by atoms with van der Waals surface area (Å²) in [6.07, 6.45) is 2.51. The topological polar surface area (TPSA) is 104 Å². The molecule has 0 aromatic heterocycles. The number of rotatable bonds is 3. The van der Waals surface area contributed by atoms with Gasteiger partial charge in [-0.15, -0.1) is 0 Å². The molecular weight excluding hydrogens is 348 g/mol. The highest BCUT2D eigenvalue weighted by molar-refractivity contribution is 6.00. The van der Waals surface area contributed by atoms with Gasteiger partial charge in [0, 0.05) is 0 Å². The summed E-state index contributed by atoms with van der Waals surface area (Å²) in [5.74, 6) is 0.460. The Hall–Kier alpha value is -1.50. The summed E-state index contributed by atoms with van der Waals surface area (Å²) in [5.41, 5.74) is -0.380. The number of allylic oxidation sites excluding steroid dienone is 1. The number of ketones is 1. The van der Waals surface area contributed by atoms with Gasteiger partial charge in [0.2, 0.25) is 0 Å². The molecule has 0 aromatic carbocycles. The molecule has 2 bridgehead atoms. The van der Waals surface area contributed by atoms with Crippen LogP contribution in [0.25, 0.3) is 0 Å². The maximum atomic E-state index is 11.9. The first-order valence-corrected chi connectivity index (χ1v) is 9.44. The van der Waals surface area contributed by atoms with Crippen molar-refractivity contribution in [3.05, 3.63) is 23.0 Å². The molecule has 0 aromatic rings. The van der Waals surface area contributed by atoms with Crippen molar-refractivity contribution < 1.29 is 29.6 Å². The molecule has 6 heteroatoms. The lowest BCUT2D eigenvalue weighted by atomic mass is 9.63.